The number of H-pyrrole nitrogens is 2. The van der Waals surface area contributed by atoms with Gasteiger partial charge in [-0.3, -0.25) is 10.2 Å². The zero-order valence-corrected chi connectivity index (χ0v) is 23.4. The Balaban J connectivity index is 1.24. The molecule has 0 spiro atoms. The van der Waals surface area contributed by atoms with E-state index in [-0.39, 0.29) is 0 Å². The molecule has 0 aliphatic heterocycles. The number of nitrogens with one attached hydrogen (secondary N) is 2. The van der Waals surface area contributed by atoms with Crippen LogP contribution in [-0.2, 0) is 17.6 Å². The first kappa shape index (κ1) is 28.1. The Labute approximate surface area is 236 Å². The number of nitrogens with zero attached hydrogens (tertiary/aromatic N) is 6. The lowest BCUT2D eigenvalue weighted by Gasteiger charge is -2.11. The molecule has 2 heterocycles. The predicted octanol–water partition coefficient (Wildman–Crippen LogP) is 4.56. The molecule has 0 saturated carbocycles. The molecular weight excluding hydrogens is 536 g/mol. The molecule has 39 heavy (non-hydrogen) atoms. The number of hydrogen-bond donors (Lipinski definition) is 2. The van der Waals surface area contributed by atoms with Crippen molar-refractivity contribution in [3.05, 3.63) is 80.8 Å². The molecule has 0 aliphatic carbocycles. The summed E-state index contributed by atoms with van der Waals surface area (Å²) < 4.78 is 21.7. The molecular formula is C26H30N8O3S2. The van der Waals surface area contributed by atoms with Gasteiger partial charge in [0.2, 0.25) is 9.54 Å². The average molecular weight is 567 g/mol. The number of rotatable bonds is 14. The van der Waals surface area contributed by atoms with Crippen molar-refractivity contribution >= 4 is 36.9 Å². The number of hydrogen-bond acceptors (Lipinski definition) is 9. The van der Waals surface area contributed by atoms with Gasteiger partial charge in [0.15, 0.2) is 11.6 Å². The minimum atomic E-state index is 0.380. The fourth-order valence-corrected chi connectivity index (χ4v) is 3.94. The van der Waals surface area contributed by atoms with Crippen molar-refractivity contribution in [1.29, 1.82) is 0 Å². The molecule has 4 aromatic rings. The maximum Gasteiger partial charge on any atom is 0.216 e. The average Bonchev–Trinajstić information content (AvgIpc) is 3.51. The topological polar surface area (TPSA) is 120 Å². The first-order valence-corrected chi connectivity index (χ1v) is 13.3. The van der Waals surface area contributed by atoms with Crippen molar-refractivity contribution in [1.82, 2.24) is 29.7 Å². The van der Waals surface area contributed by atoms with Gasteiger partial charge in [-0.2, -0.15) is 29.8 Å². The predicted molar refractivity (Wildman–Crippen MR) is 154 cm³/mol. The summed E-state index contributed by atoms with van der Waals surface area (Å²) in [5.74, 6) is 2.92. The first-order valence-electron chi connectivity index (χ1n) is 12.5. The highest BCUT2D eigenvalue weighted by atomic mass is 32.1. The molecule has 4 rings (SSSR count). The molecule has 0 amide bonds. The zero-order valence-electron chi connectivity index (χ0n) is 21.7. The van der Waals surface area contributed by atoms with Crippen LogP contribution >= 0.6 is 24.4 Å². The van der Waals surface area contributed by atoms with Crippen LogP contribution in [0.4, 0.5) is 0 Å². The molecule has 13 heteroatoms. The molecule has 204 valence electrons. The third-order valence-corrected chi connectivity index (χ3v) is 6.03. The van der Waals surface area contributed by atoms with Crippen molar-refractivity contribution in [2.75, 3.05) is 26.4 Å². The van der Waals surface area contributed by atoms with Crippen LogP contribution in [0.5, 0.6) is 11.5 Å². The van der Waals surface area contributed by atoms with Crippen molar-refractivity contribution in [2.45, 2.75) is 26.7 Å². The minimum Gasteiger partial charge on any atom is -0.491 e. The second-order valence-electron chi connectivity index (χ2n) is 8.09. The van der Waals surface area contributed by atoms with E-state index in [1.165, 1.54) is 0 Å². The number of ether oxygens (including phenoxy) is 3. The Morgan fingerprint density at radius 3 is 1.59 bits per heavy atom. The van der Waals surface area contributed by atoms with Gasteiger partial charge >= 0.3 is 0 Å². The number of aromatic nitrogens is 6. The van der Waals surface area contributed by atoms with Crippen LogP contribution in [0.15, 0.2) is 58.7 Å². The molecule has 0 fully saturated rings. The highest BCUT2D eigenvalue weighted by molar-refractivity contribution is 7.71. The number of benzene rings is 2. The van der Waals surface area contributed by atoms with Gasteiger partial charge in [-0.05, 0) is 48.7 Å². The maximum atomic E-state index is 5.92. The van der Waals surface area contributed by atoms with E-state index >= 15 is 0 Å². The van der Waals surface area contributed by atoms with Gasteiger partial charge in [0.05, 0.1) is 25.6 Å². The van der Waals surface area contributed by atoms with Crippen LogP contribution in [0, 0.1) is 9.54 Å². The molecule has 11 nitrogen and oxygen atoms in total. The Morgan fingerprint density at radius 1 is 0.718 bits per heavy atom. The summed E-state index contributed by atoms with van der Waals surface area (Å²) in [7, 11) is 0. The van der Waals surface area contributed by atoms with Crippen LogP contribution in [0.1, 0.15) is 36.6 Å². The lowest BCUT2D eigenvalue weighted by Crippen LogP contribution is -2.13. The summed E-state index contributed by atoms with van der Waals surface area (Å²) in [5.41, 5.74) is 1.65. The molecule has 0 atom stereocenters. The van der Waals surface area contributed by atoms with Crippen LogP contribution in [0.2, 0.25) is 0 Å². The quantitative estimate of drug-likeness (QED) is 0.130. The van der Waals surface area contributed by atoms with Gasteiger partial charge < -0.3 is 14.2 Å². The molecule has 2 N–H and O–H groups in total. The zero-order chi connectivity index (χ0) is 27.5. The van der Waals surface area contributed by atoms with Gasteiger partial charge in [0.1, 0.15) is 24.7 Å². The first-order chi connectivity index (χ1) is 19.1. The van der Waals surface area contributed by atoms with Crippen LogP contribution in [-0.4, -0.2) is 68.6 Å². The van der Waals surface area contributed by atoms with E-state index < -0.39 is 0 Å². The summed E-state index contributed by atoms with van der Waals surface area (Å²) in [6.07, 6.45) is 4.84. The summed E-state index contributed by atoms with van der Waals surface area (Å²) in [6.45, 7) is 5.56. The van der Waals surface area contributed by atoms with E-state index in [0.29, 0.717) is 60.3 Å². The van der Waals surface area contributed by atoms with Crippen LogP contribution in [0.3, 0.4) is 0 Å². The van der Waals surface area contributed by atoms with Crippen LogP contribution in [0.25, 0.3) is 0 Å². The fraction of sp³-hybridized carbons (Fsp3) is 0.308. The van der Waals surface area contributed by atoms with Gasteiger partial charge in [-0.1, -0.05) is 38.1 Å². The maximum absolute atomic E-state index is 5.92. The van der Waals surface area contributed by atoms with E-state index in [0.717, 1.165) is 22.8 Å². The summed E-state index contributed by atoms with van der Waals surface area (Å²) in [5, 5.41) is 22.8. The minimum absolute atomic E-state index is 0.380. The van der Waals surface area contributed by atoms with Gasteiger partial charge in [0.25, 0.3) is 0 Å². The van der Waals surface area contributed by atoms with Gasteiger partial charge in [-0.25, -0.2) is 0 Å². The summed E-state index contributed by atoms with van der Waals surface area (Å²) in [4.78, 5) is 0. The van der Waals surface area contributed by atoms with Crippen molar-refractivity contribution in [2.24, 2.45) is 10.2 Å². The van der Waals surface area contributed by atoms with Crippen molar-refractivity contribution < 1.29 is 14.2 Å². The Hall–Kier alpha value is -3.94. The standard InChI is InChI=1S/C26H30N8O3S2/c1-3-23-29-31-25(38)33(23)27-17-19-9-5-7-11-21(19)36-15-13-35-14-16-37-22-12-8-6-10-20(22)18-28-34-24(4-2)30-32-26(34)39/h5-12,17-18H,3-4,13-16H2,1-2H3,(H,31,38)(H,32,39)/b27-17+,28-18+. The Morgan fingerprint density at radius 2 is 1.15 bits per heavy atom. The van der Waals surface area contributed by atoms with E-state index in [4.69, 9.17) is 38.6 Å². The van der Waals surface area contributed by atoms with Crippen molar-refractivity contribution in [3.63, 3.8) is 0 Å². The summed E-state index contributed by atoms with van der Waals surface area (Å²) in [6, 6.07) is 15.3. The Kier molecular flexibility index (Phi) is 10.3. The van der Waals surface area contributed by atoms with Crippen molar-refractivity contribution in [3.8, 4) is 11.5 Å². The smallest absolute Gasteiger partial charge is 0.216 e. The monoisotopic (exact) mass is 566 g/mol. The normalized spacial score (nSPS) is 11.5. The van der Waals surface area contributed by atoms with Gasteiger partial charge in [0, 0.05) is 24.0 Å². The van der Waals surface area contributed by atoms with E-state index in [2.05, 4.69) is 30.6 Å². The number of para-hydroxylation sites is 2. The molecule has 2 aromatic carbocycles. The Bertz CT molecular complexity index is 1420. The lowest BCUT2D eigenvalue weighted by atomic mass is 10.2. The highest BCUT2D eigenvalue weighted by Crippen LogP contribution is 2.17. The van der Waals surface area contributed by atoms with E-state index in [9.17, 15) is 0 Å². The fourth-order valence-electron chi connectivity index (χ4n) is 3.54. The number of aryl methyl sites for hydroxylation is 2. The molecule has 0 radical (unpaired) electrons. The highest BCUT2D eigenvalue weighted by Gasteiger charge is 2.06. The second kappa shape index (κ2) is 14.3. The molecule has 0 saturated heterocycles. The molecule has 2 aromatic heterocycles. The number of aromatic amines is 2. The molecule has 0 unspecified atom stereocenters. The second-order valence-corrected chi connectivity index (χ2v) is 8.87. The lowest BCUT2D eigenvalue weighted by molar-refractivity contribution is 0.0764. The summed E-state index contributed by atoms with van der Waals surface area (Å²) >= 11 is 10.5. The molecule has 0 bridgehead atoms. The largest absolute Gasteiger partial charge is 0.491 e. The van der Waals surface area contributed by atoms with E-state index in [1.807, 2.05) is 62.4 Å². The van der Waals surface area contributed by atoms with Crippen LogP contribution < -0.4 is 9.47 Å². The third-order valence-electron chi connectivity index (χ3n) is 5.50. The third kappa shape index (κ3) is 7.56. The molecule has 0 aliphatic rings. The SMILES string of the molecule is CCc1n[nH]c(=S)n1/N=C/c1ccccc1OCCOCCOc1ccccc1/C=N/n1c(CC)n[nH]c1=S. The van der Waals surface area contributed by atoms with E-state index in [1.54, 1.807) is 21.8 Å². The van der Waals surface area contributed by atoms with Gasteiger partial charge in [-0.15, -0.1) is 0 Å².